The number of imide groups is 1. The molecule has 1 fully saturated rings. The summed E-state index contributed by atoms with van der Waals surface area (Å²) in [5.74, 6) is -3.22. The minimum absolute atomic E-state index is 0.0797. The van der Waals surface area contributed by atoms with E-state index in [0.29, 0.717) is 25.8 Å². The van der Waals surface area contributed by atoms with Crippen molar-refractivity contribution in [2.24, 2.45) is 11.7 Å². The average Bonchev–Trinajstić information content (AvgIpc) is 3.19. The van der Waals surface area contributed by atoms with Gasteiger partial charge in [-0.1, -0.05) is 43.7 Å². The molecule has 14 heteroatoms. The summed E-state index contributed by atoms with van der Waals surface area (Å²) >= 11 is 0. The van der Waals surface area contributed by atoms with Crippen molar-refractivity contribution in [3.05, 3.63) is 35.9 Å². The summed E-state index contributed by atoms with van der Waals surface area (Å²) in [6.07, 6.45) is 2.33. The van der Waals surface area contributed by atoms with E-state index in [2.05, 4.69) is 26.6 Å². The molecular formula is C27H39N7O7. The van der Waals surface area contributed by atoms with Crippen LogP contribution in [-0.2, 0) is 40.0 Å². The predicted octanol–water partition coefficient (Wildman–Crippen LogP) is -1.95. The molecule has 1 heterocycles. The minimum atomic E-state index is -1.00. The van der Waals surface area contributed by atoms with Crippen LogP contribution in [0.3, 0.4) is 0 Å². The molecule has 224 valence electrons. The molecule has 7 N–H and O–H groups in total. The van der Waals surface area contributed by atoms with Crippen molar-refractivity contribution >= 4 is 41.4 Å². The van der Waals surface area contributed by atoms with Crippen molar-refractivity contribution in [1.82, 2.24) is 31.5 Å². The number of likely N-dealkylation sites (tertiary alicyclic amines) is 1. The first-order chi connectivity index (χ1) is 19.6. The van der Waals surface area contributed by atoms with Gasteiger partial charge < -0.3 is 32.3 Å². The average molecular weight is 574 g/mol. The Balaban J connectivity index is 1.68. The molecule has 0 aromatic heterocycles. The van der Waals surface area contributed by atoms with Crippen LogP contribution in [0.25, 0.3) is 0 Å². The van der Waals surface area contributed by atoms with E-state index in [1.54, 1.807) is 31.2 Å². The summed E-state index contributed by atoms with van der Waals surface area (Å²) in [5.41, 5.74) is 6.02. The zero-order valence-corrected chi connectivity index (χ0v) is 23.2. The van der Waals surface area contributed by atoms with Crippen LogP contribution in [0.5, 0.6) is 0 Å². The standard InChI is InChI=1S/C27H39N7O7/c1-18-12-25(39)34(27(18)41)11-7-3-6-10-21(35)29-14-22(36)30-16-24(38)33-20(13-19-8-4-2-5-9-19)26(40)31-15-23(37)32-17-28/h2,4-5,8-9,18,20H,3,6-7,10-17,28H2,1H3,(H,29,35)(H,30,36)(H,31,40)(H,32,37)(H,33,38)/t18?,20-/m0/s1. The number of unbranched alkanes of at least 4 members (excludes halogenated alkanes) is 2. The summed E-state index contributed by atoms with van der Waals surface area (Å²) < 4.78 is 0. The van der Waals surface area contributed by atoms with Gasteiger partial charge in [-0.3, -0.25) is 38.5 Å². The van der Waals surface area contributed by atoms with Gasteiger partial charge in [-0.15, -0.1) is 0 Å². The molecule has 0 spiro atoms. The number of carbonyl (C=O) groups is 7. The molecule has 1 aliphatic rings. The zero-order chi connectivity index (χ0) is 30.2. The number of amides is 7. The van der Waals surface area contributed by atoms with E-state index >= 15 is 0 Å². The van der Waals surface area contributed by atoms with Crippen LogP contribution in [-0.4, -0.2) is 85.1 Å². The summed E-state index contributed by atoms with van der Waals surface area (Å²) in [7, 11) is 0. The third-order valence-corrected chi connectivity index (χ3v) is 6.30. The van der Waals surface area contributed by atoms with E-state index < -0.39 is 36.2 Å². The normalized spacial score (nSPS) is 15.2. The maximum atomic E-state index is 12.6. The second kappa shape index (κ2) is 17.4. The van der Waals surface area contributed by atoms with Gasteiger partial charge >= 0.3 is 0 Å². The first-order valence-electron chi connectivity index (χ1n) is 13.6. The summed E-state index contributed by atoms with van der Waals surface area (Å²) in [6, 6.07) is 7.95. The molecule has 1 aromatic rings. The second-order valence-corrected chi connectivity index (χ2v) is 9.68. The number of benzene rings is 1. The number of nitrogens with one attached hydrogen (secondary N) is 5. The lowest BCUT2D eigenvalue weighted by Crippen LogP contribution is -2.52. The molecule has 0 aliphatic carbocycles. The lowest BCUT2D eigenvalue weighted by atomic mass is 10.1. The lowest BCUT2D eigenvalue weighted by molar-refractivity contribution is -0.139. The molecule has 14 nitrogen and oxygen atoms in total. The maximum Gasteiger partial charge on any atom is 0.243 e. The fourth-order valence-electron chi connectivity index (χ4n) is 4.10. The zero-order valence-electron chi connectivity index (χ0n) is 23.2. The number of rotatable bonds is 17. The molecule has 2 rings (SSSR count). The predicted molar refractivity (Wildman–Crippen MR) is 147 cm³/mol. The summed E-state index contributed by atoms with van der Waals surface area (Å²) in [5, 5.41) is 12.2. The first kappa shape index (κ1) is 32.9. The van der Waals surface area contributed by atoms with Crippen molar-refractivity contribution in [2.75, 3.05) is 32.8 Å². The van der Waals surface area contributed by atoms with Gasteiger partial charge in [-0.2, -0.15) is 0 Å². The van der Waals surface area contributed by atoms with Crippen molar-refractivity contribution in [3.8, 4) is 0 Å². The highest BCUT2D eigenvalue weighted by atomic mass is 16.2. The number of nitrogens with zero attached hydrogens (tertiary/aromatic N) is 1. The van der Waals surface area contributed by atoms with Crippen LogP contribution in [0, 0.1) is 5.92 Å². The monoisotopic (exact) mass is 573 g/mol. The third-order valence-electron chi connectivity index (χ3n) is 6.30. The van der Waals surface area contributed by atoms with Gasteiger partial charge in [-0.25, -0.2) is 0 Å². The Kier molecular flexibility index (Phi) is 13.9. The van der Waals surface area contributed by atoms with Gasteiger partial charge in [-0.05, 0) is 18.4 Å². The van der Waals surface area contributed by atoms with Gasteiger partial charge in [0.1, 0.15) is 6.04 Å². The molecule has 41 heavy (non-hydrogen) atoms. The molecule has 1 saturated heterocycles. The van der Waals surface area contributed by atoms with E-state index in [0.717, 1.165) is 5.56 Å². The van der Waals surface area contributed by atoms with Crippen LogP contribution < -0.4 is 32.3 Å². The Morgan fingerprint density at radius 1 is 0.854 bits per heavy atom. The van der Waals surface area contributed by atoms with Crippen molar-refractivity contribution in [3.63, 3.8) is 0 Å². The first-order valence-corrected chi connectivity index (χ1v) is 13.6. The quantitative estimate of drug-likeness (QED) is 0.0699. The molecule has 7 amide bonds. The van der Waals surface area contributed by atoms with Gasteiger partial charge in [0.05, 0.1) is 26.3 Å². The molecule has 2 atom stereocenters. The third kappa shape index (κ3) is 12.2. The van der Waals surface area contributed by atoms with Gasteiger partial charge in [0.15, 0.2) is 0 Å². The maximum absolute atomic E-state index is 12.6. The molecule has 1 aromatic carbocycles. The molecule has 1 aliphatic heterocycles. The van der Waals surface area contributed by atoms with E-state index in [1.165, 1.54) is 4.90 Å². The van der Waals surface area contributed by atoms with E-state index in [9.17, 15) is 33.6 Å². The van der Waals surface area contributed by atoms with Crippen LogP contribution in [0.2, 0.25) is 0 Å². The Labute approximate surface area is 238 Å². The summed E-state index contributed by atoms with van der Waals surface area (Å²) in [6.45, 7) is 0.919. The number of carbonyl (C=O) groups excluding carboxylic acids is 7. The largest absolute Gasteiger partial charge is 0.347 e. The van der Waals surface area contributed by atoms with Crippen LogP contribution in [0.4, 0.5) is 0 Å². The van der Waals surface area contributed by atoms with Gasteiger partial charge in [0.2, 0.25) is 41.4 Å². The highest BCUT2D eigenvalue weighted by Crippen LogP contribution is 2.19. The highest BCUT2D eigenvalue weighted by molar-refractivity contribution is 6.03. The van der Waals surface area contributed by atoms with Crippen LogP contribution >= 0.6 is 0 Å². The van der Waals surface area contributed by atoms with Gasteiger partial charge in [0.25, 0.3) is 0 Å². The fraction of sp³-hybridized carbons (Fsp3) is 0.519. The van der Waals surface area contributed by atoms with E-state index in [1.807, 2.05) is 6.07 Å². The van der Waals surface area contributed by atoms with E-state index in [4.69, 9.17) is 5.73 Å². The number of hydrogen-bond donors (Lipinski definition) is 6. The molecule has 0 bridgehead atoms. The van der Waals surface area contributed by atoms with Crippen LogP contribution in [0.1, 0.15) is 44.6 Å². The SMILES string of the molecule is CC1CC(=O)N(CCCCCC(=O)NCC(=O)NCC(=O)N[C@@H](Cc2ccccc2)C(=O)NCC(=O)NCN)C1=O. The second-order valence-electron chi connectivity index (χ2n) is 9.68. The Morgan fingerprint density at radius 2 is 1.49 bits per heavy atom. The fourth-order valence-corrected chi connectivity index (χ4v) is 4.10. The van der Waals surface area contributed by atoms with E-state index in [-0.39, 0.29) is 62.7 Å². The topological polar surface area (TPSA) is 209 Å². The Hall–Kier alpha value is -4.33. The number of nitrogens with two attached hydrogens (primary N) is 1. The van der Waals surface area contributed by atoms with Crippen LogP contribution in [0.15, 0.2) is 30.3 Å². The molecule has 0 saturated carbocycles. The van der Waals surface area contributed by atoms with Crippen molar-refractivity contribution in [1.29, 1.82) is 0 Å². The number of hydrogen-bond acceptors (Lipinski definition) is 8. The smallest absolute Gasteiger partial charge is 0.243 e. The highest BCUT2D eigenvalue weighted by Gasteiger charge is 2.34. The Bertz CT molecular complexity index is 1100. The molecular weight excluding hydrogens is 534 g/mol. The minimum Gasteiger partial charge on any atom is -0.347 e. The Morgan fingerprint density at radius 3 is 2.15 bits per heavy atom. The molecule has 0 radical (unpaired) electrons. The molecule has 1 unspecified atom stereocenters. The van der Waals surface area contributed by atoms with Crippen molar-refractivity contribution in [2.45, 2.75) is 51.5 Å². The van der Waals surface area contributed by atoms with Gasteiger partial charge in [0, 0.05) is 31.7 Å². The lowest BCUT2D eigenvalue weighted by Gasteiger charge is -2.19. The summed E-state index contributed by atoms with van der Waals surface area (Å²) in [4.78, 5) is 85.8. The van der Waals surface area contributed by atoms with Crippen molar-refractivity contribution < 1.29 is 33.6 Å².